The van der Waals surface area contributed by atoms with Gasteiger partial charge in [-0.05, 0) is 0 Å². The van der Waals surface area contributed by atoms with Crippen LogP contribution in [0, 0.1) is 0 Å². The van der Waals surface area contributed by atoms with Crippen molar-refractivity contribution in [2.24, 2.45) is 5.73 Å². The average molecular weight is 255 g/mol. The molecule has 0 aromatic heterocycles. The van der Waals surface area contributed by atoms with Gasteiger partial charge in [-0.1, -0.05) is 0 Å². The minimum Gasteiger partial charge on any atom is -0.475 e. The van der Waals surface area contributed by atoms with E-state index < -0.39 is 37.1 Å². The Balaban J connectivity index is 0.000000293. The predicted octanol–water partition coefficient (Wildman–Crippen LogP) is 0.910. The Morgan fingerprint density at radius 2 is 1.50 bits per heavy atom. The van der Waals surface area contributed by atoms with Crippen LogP contribution >= 0.6 is 0 Å². The van der Waals surface area contributed by atoms with Crippen molar-refractivity contribution >= 4 is 5.97 Å². The summed E-state index contributed by atoms with van der Waals surface area (Å²) in [4.78, 5) is 8.90. The van der Waals surface area contributed by atoms with Gasteiger partial charge in [0.15, 0.2) is 5.54 Å². The van der Waals surface area contributed by atoms with E-state index in [-0.39, 0.29) is 0 Å². The summed E-state index contributed by atoms with van der Waals surface area (Å²) in [6.07, 6.45) is -9.40. The lowest BCUT2D eigenvalue weighted by Crippen LogP contribution is -2.66. The zero-order valence-electron chi connectivity index (χ0n) is 7.52. The number of alkyl halides is 6. The molecule has 3 N–H and O–H groups in total. The lowest BCUT2D eigenvalue weighted by Gasteiger charge is -2.38. The number of nitrogens with two attached hydrogens (primary N) is 1. The Morgan fingerprint density at radius 3 is 1.50 bits per heavy atom. The van der Waals surface area contributed by atoms with Gasteiger partial charge >= 0.3 is 18.3 Å². The summed E-state index contributed by atoms with van der Waals surface area (Å²) < 4.78 is 71.1. The summed E-state index contributed by atoms with van der Waals surface area (Å²) in [5.74, 6) is -2.76. The van der Waals surface area contributed by atoms with Crippen molar-refractivity contribution in [3.63, 3.8) is 0 Å². The number of hydrogen-bond donors (Lipinski definition) is 2. The van der Waals surface area contributed by atoms with E-state index in [1.807, 2.05) is 0 Å². The van der Waals surface area contributed by atoms with E-state index in [4.69, 9.17) is 15.6 Å². The number of aliphatic carboxylic acids is 1. The number of rotatable bonds is 0. The number of carboxylic acid groups (broad SMARTS) is 1. The van der Waals surface area contributed by atoms with Crippen LogP contribution in [0.2, 0.25) is 0 Å². The molecule has 0 radical (unpaired) electrons. The summed E-state index contributed by atoms with van der Waals surface area (Å²) >= 11 is 0. The molecule has 16 heavy (non-hydrogen) atoms. The minimum atomic E-state index is -5.08. The number of hydrogen-bond acceptors (Lipinski definition) is 3. The summed E-state index contributed by atoms with van der Waals surface area (Å²) in [5, 5.41) is 7.12. The standard InChI is InChI=1S/C4H6F3NO.C2HF3O2/c5-4(6,7)3(8)1-9-2-3;3-2(4,5)1(6)7/h1-2,8H2;(H,6,7). The van der Waals surface area contributed by atoms with Gasteiger partial charge in [0.1, 0.15) is 0 Å². The van der Waals surface area contributed by atoms with Crippen molar-refractivity contribution in [2.45, 2.75) is 17.9 Å². The fourth-order valence-electron chi connectivity index (χ4n) is 0.486. The van der Waals surface area contributed by atoms with Crippen LogP contribution in [-0.2, 0) is 9.53 Å². The summed E-state index contributed by atoms with van der Waals surface area (Å²) in [6, 6.07) is 0. The second kappa shape index (κ2) is 4.45. The fourth-order valence-corrected chi connectivity index (χ4v) is 0.486. The largest absolute Gasteiger partial charge is 0.490 e. The van der Waals surface area contributed by atoms with Gasteiger partial charge in [0.25, 0.3) is 0 Å². The van der Waals surface area contributed by atoms with E-state index in [0.717, 1.165) is 0 Å². The van der Waals surface area contributed by atoms with Gasteiger partial charge in [0.05, 0.1) is 13.2 Å². The summed E-state index contributed by atoms with van der Waals surface area (Å²) in [6.45, 7) is -0.812. The number of carbonyl (C=O) groups is 1. The molecule has 0 saturated carbocycles. The van der Waals surface area contributed by atoms with Gasteiger partial charge in [0.2, 0.25) is 0 Å². The number of carboxylic acids is 1. The third-order valence-corrected chi connectivity index (χ3v) is 1.53. The van der Waals surface area contributed by atoms with E-state index in [2.05, 4.69) is 4.74 Å². The zero-order valence-corrected chi connectivity index (χ0v) is 7.52. The molecule has 0 amide bonds. The molecular formula is C6H7F6NO3. The van der Waals surface area contributed by atoms with Crippen molar-refractivity contribution in [2.75, 3.05) is 13.2 Å². The first-order valence-electron chi connectivity index (χ1n) is 3.63. The Morgan fingerprint density at radius 1 is 1.19 bits per heavy atom. The molecule has 1 rings (SSSR count). The average Bonchev–Trinajstić information content (AvgIpc) is 1.97. The topological polar surface area (TPSA) is 72.5 Å². The predicted molar refractivity (Wildman–Crippen MR) is 37.5 cm³/mol. The molecule has 1 fully saturated rings. The third-order valence-electron chi connectivity index (χ3n) is 1.53. The normalized spacial score (nSPS) is 19.2. The Kier molecular flexibility index (Phi) is 4.17. The van der Waals surface area contributed by atoms with E-state index in [1.54, 1.807) is 0 Å². The maximum absolute atomic E-state index is 11.7. The highest BCUT2D eigenvalue weighted by molar-refractivity contribution is 5.73. The third kappa shape index (κ3) is 3.85. The first-order chi connectivity index (χ1) is 6.90. The van der Waals surface area contributed by atoms with E-state index in [9.17, 15) is 26.3 Å². The van der Waals surface area contributed by atoms with Crippen molar-refractivity contribution in [1.29, 1.82) is 0 Å². The van der Waals surface area contributed by atoms with Crippen LogP contribution in [0.4, 0.5) is 26.3 Å². The van der Waals surface area contributed by atoms with Gasteiger partial charge in [-0.25, -0.2) is 4.79 Å². The molecule has 1 aliphatic rings. The van der Waals surface area contributed by atoms with Gasteiger partial charge < -0.3 is 15.6 Å². The van der Waals surface area contributed by atoms with Gasteiger partial charge in [-0.15, -0.1) is 0 Å². The SMILES string of the molecule is NC1(C(F)(F)F)COC1.O=C(O)C(F)(F)F. The van der Waals surface area contributed by atoms with Crippen LogP contribution in [0.15, 0.2) is 0 Å². The molecule has 1 aliphatic heterocycles. The van der Waals surface area contributed by atoms with Crippen LogP contribution in [-0.4, -0.2) is 42.2 Å². The van der Waals surface area contributed by atoms with Gasteiger partial charge in [0, 0.05) is 0 Å². The van der Waals surface area contributed by atoms with Crippen LogP contribution in [0.1, 0.15) is 0 Å². The maximum atomic E-state index is 11.7. The molecule has 0 aromatic rings. The molecule has 0 bridgehead atoms. The van der Waals surface area contributed by atoms with Crippen molar-refractivity contribution in [3.8, 4) is 0 Å². The molecule has 0 unspecified atom stereocenters. The monoisotopic (exact) mass is 255 g/mol. The molecular weight excluding hydrogens is 248 g/mol. The Hall–Kier alpha value is -1.03. The van der Waals surface area contributed by atoms with Crippen LogP contribution < -0.4 is 5.73 Å². The Bertz CT molecular complexity index is 256. The maximum Gasteiger partial charge on any atom is 0.490 e. The van der Waals surface area contributed by atoms with E-state index in [0.29, 0.717) is 0 Å². The van der Waals surface area contributed by atoms with Crippen molar-refractivity contribution in [1.82, 2.24) is 0 Å². The number of halogens is 6. The van der Waals surface area contributed by atoms with E-state index >= 15 is 0 Å². The van der Waals surface area contributed by atoms with Crippen molar-refractivity contribution in [3.05, 3.63) is 0 Å². The first-order valence-corrected chi connectivity index (χ1v) is 3.63. The minimum absolute atomic E-state index is 0.406. The smallest absolute Gasteiger partial charge is 0.475 e. The quantitative estimate of drug-likeness (QED) is 0.631. The Labute approximate surface area is 85.0 Å². The highest BCUT2D eigenvalue weighted by atomic mass is 19.4. The van der Waals surface area contributed by atoms with Gasteiger partial charge in [-0.3, -0.25) is 0 Å². The first kappa shape index (κ1) is 15.0. The molecule has 4 nitrogen and oxygen atoms in total. The molecule has 10 heteroatoms. The summed E-state index contributed by atoms with van der Waals surface area (Å²) in [7, 11) is 0. The molecule has 0 aromatic carbocycles. The lowest BCUT2D eigenvalue weighted by atomic mass is 9.99. The highest BCUT2D eigenvalue weighted by Gasteiger charge is 2.57. The zero-order chi connectivity index (χ0) is 13.2. The fraction of sp³-hybridized carbons (Fsp3) is 0.833. The molecule has 0 atom stereocenters. The van der Waals surface area contributed by atoms with Gasteiger partial charge in [-0.2, -0.15) is 26.3 Å². The molecule has 0 spiro atoms. The van der Waals surface area contributed by atoms with Crippen molar-refractivity contribution < 1.29 is 41.0 Å². The second-order valence-electron chi connectivity index (χ2n) is 2.95. The molecule has 96 valence electrons. The van der Waals surface area contributed by atoms with Crippen LogP contribution in [0.25, 0.3) is 0 Å². The highest BCUT2D eigenvalue weighted by Crippen LogP contribution is 2.33. The molecule has 0 aliphatic carbocycles. The molecule has 1 heterocycles. The van der Waals surface area contributed by atoms with Crippen LogP contribution in [0.5, 0.6) is 0 Å². The summed E-state index contributed by atoms with van der Waals surface area (Å²) in [5.41, 5.74) is 2.77. The number of ether oxygens (including phenoxy) is 1. The van der Waals surface area contributed by atoms with E-state index in [1.165, 1.54) is 0 Å². The molecule has 1 saturated heterocycles. The van der Waals surface area contributed by atoms with Crippen LogP contribution in [0.3, 0.4) is 0 Å². The second-order valence-corrected chi connectivity index (χ2v) is 2.95. The lowest BCUT2D eigenvalue weighted by molar-refractivity contribution is -0.254.